The Bertz CT molecular complexity index is 610. The van der Waals surface area contributed by atoms with Crippen LogP contribution in [0.4, 0.5) is 5.82 Å². The number of fused-ring (bicyclic) bond motifs is 1. The van der Waals surface area contributed by atoms with Crippen molar-refractivity contribution in [3.05, 3.63) is 40.0 Å². The van der Waals surface area contributed by atoms with Gasteiger partial charge in [0.1, 0.15) is 5.82 Å². The van der Waals surface area contributed by atoms with Crippen LogP contribution in [0.2, 0.25) is 0 Å². The second-order valence-electron chi connectivity index (χ2n) is 4.85. The van der Waals surface area contributed by atoms with Crippen LogP contribution < -0.4 is 5.73 Å². The van der Waals surface area contributed by atoms with Gasteiger partial charge < -0.3 is 10.6 Å². The molecule has 0 aliphatic carbocycles. The standard InChI is InChI=1S/C14H15BrN4/c1-19-7-6-12-11(8-19)13(16)18-14(17-12)9-2-4-10(15)5-3-9/h2-5H,6-8H2,1H3,(H2,16,17,18). The Morgan fingerprint density at radius 1 is 1.21 bits per heavy atom. The monoisotopic (exact) mass is 318 g/mol. The van der Waals surface area contributed by atoms with Crippen molar-refractivity contribution in [3.8, 4) is 11.4 Å². The zero-order valence-electron chi connectivity index (χ0n) is 10.7. The van der Waals surface area contributed by atoms with Gasteiger partial charge in [0.15, 0.2) is 5.82 Å². The number of nitrogens with zero attached hydrogens (tertiary/aromatic N) is 3. The lowest BCUT2D eigenvalue weighted by Gasteiger charge is -2.25. The number of halogens is 1. The topological polar surface area (TPSA) is 55.0 Å². The minimum Gasteiger partial charge on any atom is -0.383 e. The number of rotatable bonds is 1. The molecule has 0 fully saturated rings. The molecule has 19 heavy (non-hydrogen) atoms. The van der Waals surface area contributed by atoms with E-state index >= 15 is 0 Å². The van der Waals surface area contributed by atoms with E-state index in [0.717, 1.165) is 40.8 Å². The van der Waals surface area contributed by atoms with Gasteiger partial charge >= 0.3 is 0 Å². The highest BCUT2D eigenvalue weighted by atomic mass is 79.9. The van der Waals surface area contributed by atoms with Crippen molar-refractivity contribution in [1.29, 1.82) is 0 Å². The second-order valence-corrected chi connectivity index (χ2v) is 5.77. The Labute approximate surface area is 120 Å². The summed E-state index contributed by atoms with van der Waals surface area (Å²) < 4.78 is 1.05. The highest BCUT2D eigenvalue weighted by molar-refractivity contribution is 9.10. The SMILES string of the molecule is CN1CCc2nc(-c3ccc(Br)cc3)nc(N)c2C1. The van der Waals surface area contributed by atoms with Gasteiger partial charge in [0.25, 0.3) is 0 Å². The van der Waals surface area contributed by atoms with Gasteiger partial charge in [0.2, 0.25) is 0 Å². The summed E-state index contributed by atoms with van der Waals surface area (Å²) in [5.41, 5.74) is 9.25. The number of hydrogen-bond acceptors (Lipinski definition) is 4. The summed E-state index contributed by atoms with van der Waals surface area (Å²) in [6.07, 6.45) is 0.933. The van der Waals surface area contributed by atoms with Crippen molar-refractivity contribution >= 4 is 21.7 Å². The molecule has 3 rings (SSSR count). The van der Waals surface area contributed by atoms with Crippen molar-refractivity contribution in [2.75, 3.05) is 19.3 Å². The molecular weight excluding hydrogens is 304 g/mol. The highest BCUT2D eigenvalue weighted by Crippen LogP contribution is 2.25. The quantitative estimate of drug-likeness (QED) is 0.877. The highest BCUT2D eigenvalue weighted by Gasteiger charge is 2.19. The second kappa shape index (κ2) is 4.90. The van der Waals surface area contributed by atoms with Crippen LogP contribution in [-0.4, -0.2) is 28.5 Å². The molecule has 4 nitrogen and oxygen atoms in total. The van der Waals surface area contributed by atoms with Crippen molar-refractivity contribution in [3.63, 3.8) is 0 Å². The van der Waals surface area contributed by atoms with Gasteiger partial charge in [0.05, 0.1) is 5.69 Å². The summed E-state index contributed by atoms with van der Waals surface area (Å²) in [6.45, 7) is 1.85. The van der Waals surface area contributed by atoms with Crippen LogP contribution in [0, 0.1) is 0 Å². The van der Waals surface area contributed by atoms with Crippen molar-refractivity contribution in [2.45, 2.75) is 13.0 Å². The predicted octanol–water partition coefficient (Wildman–Crippen LogP) is 2.48. The fourth-order valence-electron chi connectivity index (χ4n) is 2.30. The lowest BCUT2D eigenvalue weighted by Crippen LogP contribution is -2.28. The molecular formula is C14H15BrN4. The summed E-state index contributed by atoms with van der Waals surface area (Å²) in [7, 11) is 2.09. The van der Waals surface area contributed by atoms with E-state index in [1.165, 1.54) is 0 Å². The predicted molar refractivity (Wildman–Crippen MR) is 79.6 cm³/mol. The van der Waals surface area contributed by atoms with E-state index in [9.17, 15) is 0 Å². The Hall–Kier alpha value is -1.46. The van der Waals surface area contributed by atoms with E-state index in [-0.39, 0.29) is 0 Å². The third-order valence-corrected chi connectivity index (χ3v) is 3.91. The maximum Gasteiger partial charge on any atom is 0.161 e. The molecule has 0 bridgehead atoms. The largest absolute Gasteiger partial charge is 0.383 e. The van der Waals surface area contributed by atoms with E-state index in [1.807, 2.05) is 24.3 Å². The average molecular weight is 319 g/mol. The van der Waals surface area contributed by atoms with Crippen LogP contribution in [-0.2, 0) is 13.0 Å². The van der Waals surface area contributed by atoms with E-state index < -0.39 is 0 Å². The van der Waals surface area contributed by atoms with Crippen LogP contribution >= 0.6 is 15.9 Å². The van der Waals surface area contributed by atoms with E-state index in [1.54, 1.807) is 0 Å². The smallest absolute Gasteiger partial charge is 0.161 e. The Morgan fingerprint density at radius 2 is 1.95 bits per heavy atom. The third kappa shape index (κ3) is 2.48. The number of anilines is 1. The molecule has 2 heterocycles. The first-order valence-electron chi connectivity index (χ1n) is 6.23. The summed E-state index contributed by atoms with van der Waals surface area (Å²) in [6, 6.07) is 7.98. The van der Waals surface area contributed by atoms with Crippen molar-refractivity contribution in [2.24, 2.45) is 0 Å². The summed E-state index contributed by atoms with van der Waals surface area (Å²) in [5, 5.41) is 0. The molecule has 1 aliphatic rings. The normalized spacial score (nSPS) is 15.3. The van der Waals surface area contributed by atoms with Gasteiger partial charge in [-0.3, -0.25) is 0 Å². The molecule has 98 valence electrons. The molecule has 0 saturated heterocycles. The van der Waals surface area contributed by atoms with Gasteiger partial charge in [-0.1, -0.05) is 28.1 Å². The first kappa shape index (κ1) is 12.6. The number of nitrogens with two attached hydrogens (primary N) is 1. The lowest BCUT2D eigenvalue weighted by atomic mass is 10.1. The van der Waals surface area contributed by atoms with Gasteiger partial charge in [-0.25, -0.2) is 9.97 Å². The van der Waals surface area contributed by atoms with Gasteiger partial charge in [-0.05, 0) is 19.2 Å². The lowest BCUT2D eigenvalue weighted by molar-refractivity contribution is 0.310. The van der Waals surface area contributed by atoms with Gasteiger partial charge in [-0.2, -0.15) is 0 Å². The van der Waals surface area contributed by atoms with Gasteiger partial charge in [-0.15, -0.1) is 0 Å². The van der Waals surface area contributed by atoms with Crippen LogP contribution in [0.5, 0.6) is 0 Å². The van der Waals surface area contributed by atoms with E-state index in [2.05, 4.69) is 37.8 Å². The molecule has 0 saturated carbocycles. The minimum absolute atomic E-state index is 0.606. The van der Waals surface area contributed by atoms with Crippen molar-refractivity contribution < 1.29 is 0 Å². The van der Waals surface area contributed by atoms with Crippen LogP contribution in [0.3, 0.4) is 0 Å². The summed E-state index contributed by atoms with van der Waals surface area (Å²) >= 11 is 3.43. The molecule has 0 unspecified atom stereocenters. The molecule has 1 aromatic carbocycles. The number of aromatic nitrogens is 2. The molecule has 1 aromatic heterocycles. The van der Waals surface area contributed by atoms with E-state index in [4.69, 9.17) is 5.73 Å². The fraction of sp³-hybridized carbons (Fsp3) is 0.286. The van der Waals surface area contributed by atoms with Crippen LogP contribution in [0.25, 0.3) is 11.4 Å². The maximum absolute atomic E-state index is 6.08. The molecule has 0 amide bonds. The van der Waals surface area contributed by atoms with Gasteiger partial charge in [0, 0.05) is 35.1 Å². The zero-order chi connectivity index (χ0) is 13.4. The molecule has 2 aromatic rings. The summed E-state index contributed by atoms with van der Waals surface area (Å²) in [4.78, 5) is 11.4. The molecule has 2 N–H and O–H groups in total. The minimum atomic E-state index is 0.606. The van der Waals surface area contributed by atoms with Crippen molar-refractivity contribution in [1.82, 2.24) is 14.9 Å². The molecule has 0 spiro atoms. The van der Waals surface area contributed by atoms with Crippen LogP contribution in [0.1, 0.15) is 11.3 Å². The molecule has 0 atom stereocenters. The molecule has 0 radical (unpaired) electrons. The number of nitrogen functional groups attached to an aromatic ring is 1. The zero-order valence-corrected chi connectivity index (χ0v) is 12.3. The number of benzene rings is 1. The Kier molecular flexibility index (Phi) is 3.24. The number of likely N-dealkylation sites (N-methyl/N-ethyl adjacent to an activating group) is 1. The van der Waals surface area contributed by atoms with Crippen LogP contribution in [0.15, 0.2) is 28.7 Å². The third-order valence-electron chi connectivity index (χ3n) is 3.39. The Morgan fingerprint density at radius 3 is 2.68 bits per heavy atom. The van der Waals surface area contributed by atoms with E-state index in [0.29, 0.717) is 11.6 Å². The molecule has 5 heteroatoms. The first-order chi connectivity index (χ1) is 9.13. The average Bonchev–Trinajstić information content (AvgIpc) is 2.40. The Balaban J connectivity index is 2.05. The number of hydrogen-bond donors (Lipinski definition) is 1. The maximum atomic E-state index is 6.08. The summed E-state index contributed by atoms with van der Waals surface area (Å²) in [5.74, 6) is 1.32. The first-order valence-corrected chi connectivity index (χ1v) is 7.02. The fourth-order valence-corrected chi connectivity index (χ4v) is 2.57. The molecule has 1 aliphatic heterocycles.